The van der Waals surface area contributed by atoms with Crippen LogP contribution in [0.1, 0.15) is 99.0 Å². The van der Waals surface area contributed by atoms with E-state index in [1.165, 1.54) is 11.6 Å². The predicted molar refractivity (Wildman–Crippen MR) is 175 cm³/mol. The van der Waals surface area contributed by atoms with Crippen molar-refractivity contribution in [1.82, 2.24) is 0 Å². The zero-order valence-electron chi connectivity index (χ0n) is 28.3. The summed E-state index contributed by atoms with van der Waals surface area (Å²) in [6.07, 6.45) is 10.7. The monoisotopic (exact) mass is 618 g/mol. The fraction of sp³-hybridized carbons (Fsp3) is 0.692. The number of rotatable bonds is 4. The number of carbonyl (C=O) groups is 2. The van der Waals surface area contributed by atoms with Crippen molar-refractivity contribution in [1.29, 1.82) is 0 Å². The van der Waals surface area contributed by atoms with Crippen molar-refractivity contribution < 1.29 is 29.6 Å². The predicted octanol–water partition coefficient (Wildman–Crippen LogP) is 7.89. The molecule has 6 heteroatoms. The topological polar surface area (TPSA) is 104 Å². The summed E-state index contributed by atoms with van der Waals surface area (Å²) in [6.45, 7) is 16.4. The number of aromatic hydroxyl groups is 1. The van der Waals surface area contributed by atoms with Gasteiger partial charge in [-0.25, -0.2) is 4.79 Å². The summed E-state index contributed by atoms with van der Waals surface area (Å²) < 4.78 is 6.05. The van der Waals surface area contributed by atoms with Gasteiger partial charge in [-0.05, 0) is 120 Å². The molecule has 1 aromatic rings. The molecule has 0 aromatic heterocycles. The highest BCUT2D eigenvalue weighted by atomic mass is 16.6. The van der Waals surface area contributed by atoms with Crippen molar-refractivity contribution in [2.45, 2.75) is 106 Å². The van der Waals surface area contributed by atoms with E-state index in [0.29, 0.717) is 30.1 Å². The van der Waals surface area contributed by atoms with Gasteiger partial charge in [0.2, 0.25) is 0 Å². The molecule has 5 aliphatic rings. The molecule has 0 bridgehead atoms. The molecule has 0 radical (unpaired) electrons. The highest BCUT2D eigenvalue weighted by molar-refractivity contribution is 5.87. The number of carboxylic acid groups (broad SMARTS) is 1. The van der Waals surface area contributed by atoms with E-state index in [4.69, 9.17) is 4.74 Å². The summed E-state index contributed by atoms with van der Waals surface area (Å²) >= 11 is 0. The van der Waals surface area contributed by atoms with Crippen LogP contribution in [0.15, 0.2) is 42.0 Å². The van der Waals surface area contributed by atoms with Gasteiger partial charge in [0.25, 0.3) is 0 Å². The summed E-state index contributed by atoms with van der Waals surface area (Å²) in [5, 5.41) is 31.5. The number of hydrogen-bond acceptors (Lipinski definition) is 5. The van der Waals surface area contributed by atoms with Crippen molar-refractivity contribution in [3.05, 3.63) is 47.6 Å². The first-order valence-electron chi connectivity index (χ1n) is 17.3. The van der Waals surface area contributed by atoms with E-state index in [0.717, 1.165) is 44.1 Å². The van der Waals surface area contributed by atoms with Crippen molar-refractivity contribution in [2.24, 2.45) is 63.1 Å². The van der Waals surface area contributed by atoms with Gasteiger partial charge in [0, 0.05) is 11.5 Å². The molecule has 0 aliphatic heterocycles. The number of aliphatic carboxylic acids is 1. The fourth-order valence-electron chi connectivity index (χ4n) is 12.2. The first-order chi connectivity index (χ1) is 21.0. The van der Waals surface area contributed by atoms with Gasteiger partial charge in [0.15, 0.2) is 0 Å². The lowest BCUT2D eigenvalue weighted by molar-refractivity contribution is -0.237. The third kappa shape index (κ3) is 4.83. The van der Waals surface area contributed by atoms with Crippen LogP contribution in [0.25, 0.3) is 6.08 Å². The minimum absolute atomic E-state index is 0.00311. The van der Waals surface area contributed by atoms with Gasteiger partial charge in [0.1, 0.15) is 11.9 Å². The summed E-state index contributed by atoms with van der Waals surface area (Å²) in [7, 11) is 0. The molecule has 246 valence electrons. The van der Waals surface area contributed by atoms with Crippen molar-refractivity contribution >= 4 is 18.0 Å². The average molecular weight is 619 g/mol. The Labute approximate surface area is 269 Å². The van der Waals surface area contributed by atoms with Crippen LogP contribution >= 0.6 is 0 Å². The van der Waals surface area contributed by atoms with Crippen molar-refractivity contribution in [2.75, 3.05) is 0 Å². The number of phenols is 1. The van der Waals surface area contributed by atoms with Gasteiger partial charge in [-0.3, -0.25) is 4.79 Å². The Bertz CT molecular complexity index is 1390. The molecule has 4 unspecified atom stereocenters. The summed E-state index contributed by atoms with van der Waals surface area (Å²) in [4.78, 5) is 25.4. The second-order valence-electron chi connectivity index (χ2n) is 16.9. The van der Waals surface area contributed by atoms with Gasteiger partial charge < -0.3 is 20.1 Å². The molecular weight excluding hydrogens is 564 g/mol. The number of carboxylic acids is 1. The van der Waals surface area contributed by atoms with Crippen LogP contribution in [0.2, 0.25) is 0 Å². The molecule has 45 heavy (non-hydrogen) atoms. The second-order valence-corrected chi connectivity index (χ2v) is 16.9. The smallest absolute Gasteiger partial charge is 0.331 e. The quantitative estimate of drug-likeness (QED) is 0.180. The maximum Gasteiger partial charge on any atom is 0.331 e. The maximum absolute atomic E-state index is 13.0. The van der Waals surface area contributed by atoms with Crippen molar-refractivity contribution in [3.63, 3.8) is 0 Å². The Kier molecular flexibility index (Phi) is 7.90. The Morgan fingerprint density at radius 3 is 2.33 bits per heavy atom. The molecule has 6 rings (SSSR count). The largest absolute Gasteiger partial charge is 0.508 e. The number of ether oxygens (including phenoxy) is 1. The van der Waals surface area contributed by atoms with Gasteiger partial charge >= 0.3 is 11.9 Å². The van der Waals surface area contributed by atoms with Crippen molar-refractivity contribution in [3.8, 4) is 5.75 Å². The van der Waals surface area contributed by atoms with Gasteiger partial charge in [-0.1, -0.05) is 72.2 Å². The van der Waals surface area contributed by atoms with Crippen LogP contribution in [0, 0.1) is 63.1 Å². The molecule has 12 atom stereocenters. The Morgan fingerprint density at radius 1 is 0.978 bits per heavy atom. The lowest BCUT2D eigenvalue weighted by Gasteiger charge is -2.71. The Balaban J connectivity index is 1.28. The second kappa shape index (κ2) is 11.0. The third-order valence-electron chi connectivity index (χ3n) is 14.7. The van der Waals surface area contributed by atoms with Gasteiger partial charge in [-0.2, -0.15) is 0 Å². The van der Waals surface area contributed by atoms with Crippen LogP contribution < -0.4 is 0 Å². The number of phenolic OH excluding ortho intramolecular Hbond substituents is 1. The molecule has 3 N–H and O–H groups in total. The lowest BCUT2D eigenvalue weighted by atomic mass is 9.34. The molecule has 5 aliphatic carbocycles. The zero-order valence-corrected chi connectivity index (χ0v) is 28.3. The highest BCUT2D eigenvalue weighted by Crippen LogP contribution is 2.74. The molecule has 0 amide bonds. The van der Waals surface area contributed by atoms with Gasteiger partial charge in [-0.15, -0.1) is 0 Å². The van der Waals surface area contributed by atoms with E-state index < -0.39 is 29.6 Å². The number of allylic oxidation sites excluding steroid dienone is 2. The fourth-order valence-corrected chi connectivity index (χ4v) is 12.2. The molecule has 4 fully saturated rings. The molecule has 0 spiro atoms. The SMILES string of the molecule is C[C@H]1[C@H](C)C[C@@H](C(=O)O)C2CC[C@]3(C)C(=CCC4C5(C)C[C@@H](O)[C@@H](OC(=O)/C=C\c6ccc(O)cc6)C(C)(C)C5CC[C@]43C)[C@@H]21. The first-order valence-corrected chi connectivity index (χ1v) is 17.3. The maximum atomic E-state index is 13.0. The minimum Gasteiger partial charge on any atom is -0.508 e. The minimum atomic E-state index is -0.765. The van der Waals surface area contributed by atoms with Crippen LogP contribution in [0.4, 0.5) is 0 Å². The molecule has 1 aromatic carbocycles. The van der Waals surface area contributed by atoms with Gasteiger partial charge in [0.05, 0.1) is 12.0 Å². The van der Waals surface area contributed by atoms with Crippen LogP contribution in [-0.4, -0.2) is 39.5 Å². The standard InChI is InChI=1S/C39H54O6/c1-22-20-27(35(43)44)26-16-18-38(6)28(33(26)23(22)2)13-14-31-37(5)21-29(41)34(36(3,4)30(37)17-19-39(31,38)7)45-32(42)15-10-24-8-11-25(40)12-9-24/h8-13,15,22-23,26-27,29-31,33-34,40-41H,14,16-21H2,1-7H3,(H,43,44)/b15-10-/t22-,23+,26?,27-,29-,30?,31?,33-,34-,37?,38-,39-/m1/s1. The zero-order chi connectivity index (χ0) is 32.7. The van der Waals surface area contributed by atoms with E-state index in [9.17, 15) is 24.9 Å². The molecule has 0 heterocycles. The molecule has 4 saturated carbocycles. The summed E-state index contributed by atoms with van der Waals surface area (Å²) in [5.41, 5.74) is 1.82. The number of aliphatic hydroxyl groups excluding tert-OH is 1. The number of aliphatic hydroxyl groups is 1. The van der Waals surface area contributed by atoms with E-state index in [2.05, 4.69) is 54.5 Å². The average Bonchev–Trinajstić information content (AvgIpc) is 2.96. The highest BCUT2D eigenvalue weighted by Gasteiger charge is 2.69. The number of carbonyl (C=O) groups excluding carboxylic acids is 1. The van der Waals surface area contributed by atoms with Crippen LogP contribution in [-0.2, 0) is 14.3 Å². The molecular formula is C39H54O6. The third-order valence-corrected chi connectivity index (χ3v) is 14.7. The van der Waals surface area contributed by atoms with Crippen LogP contribution in [0.3, 0.4) is 0 Å². The Hall–Kier alpha value is -2.60. The lowest BCUT2D eigenvalue weighted by Crippen LogP contribution is -2.67. The number of hydrogen-bond donors (Lipinski definition) is 3. The first kappa shape index (κ1) is 32.3. The number of benzene rings is 1. The normalized spacial score (nSPS) is 45.3. The van der Waals surface area contributed by atoms with E-state index >= 15 is 0 Å². The van der Waals surface area contributed by atoms with Crippen LogP contribution in [0.5, 0.6) is 5.75 Å². The van der Waals surface area contributed by atoms with E-state index in [1.54, 1.807) is 30.3 Å². The molecule has 6 nitrogen and oxygen atoms in total. The number of esters is 1. The number of fused-ring (bicyclic) bond motifs is 7. The Morgan fingerprint density at radius 2 is 1.67 bits per heavy atom. The molecule has 0 saturated heterocycles. The summed E-state index contributed by atoms with van der Waals surface area (Å²) in [6, 6.07) is 6.63. The van der Waals surface area contributed by atoms with E-state index in [-0.39, 0.29) is 39.7 Å². The van der Waals surface area contributed by atoms with E-state index in [1.807, 2.05) is 0 Å². The summed E-state index contributed by atoms with van der Waals surface area (Å²) in [5.74, 6) is 0.889.